The molecule has 0 saturated carbocycles. The van der Waals surface area contributed by atoms with Crippen molar-refractivity contribution < 1.29 is 13.6 Å². The zero-order valence-corrected chi connectivity index (χ0v) is 19.3. The molecule has 0 radical (unpaired) electrons. The van der Waals surface area contributed by atoms with Crippen molar-refractivity contribution in [3.8, 4) is 22.6 Å². The number of likely N-dealkylation sites (tertiary alicyclic amines) is 1. The number of imidazole rings is 1. The van der Waals surface area contributed by atoms with Gasteiger partial charge in [0.15, 0.2) is 0 Å². The van der Waals surface area contributed by atoms with Crippen LogP contribution in [-0.2, 0) is 6.54 Å². The summed E-state index contributed by atoms with van der Waals surface area (Å²) in [4.78, 5) is 24.5. The van der Waals surface area contributed by atoms with Crippen LogP contribution in [0.5, 0.6) is 0 Å². The highest BCUT2D eigenvalue weighted by atomic mass is 19.1. The monoisotopic (exact) mass is 484 g/mol. The number of carbonyl (C=O) groups excluding carboxylic acids is 1. The van der Waals surface area contributed by atoms with Gasteiger partial charge in [0.2, 0.25) is 0 Å². The van der Waals surface area contributed by atoms with E-state index >= 15 is 0 Å². The number of nitrogens with zero attached hydrogens (tertiary/aromatic N) is 6. The zero-order valence-electron chi connectivity index (χ0n) is 19.3. The molecular formula is C27H22F2N6O. The van der Waals surface area contributed by atoms with Crippen molar-refractivity contribution in [2.24, 2.45) is 0 Å². The molecule has 6 rings (SSSR count). The van der Waals surface area contributed by atoms with E-state index in [9.17, 15) is 13.6 Å². The average molecular weight is 485 g/mol. The number of amides is 1. The van der Waals surface area contributed by atoms with Crippen LogP contribution in [0.2, 0.25) is 0 Å². The molecular weight excluding hydrogens is 462 g/mol. The number of hydrogen-bond acceptors (Lipinski definition) is 4. The number of pyridine rings is 2. The van der Waals surface area contributed by atoms with E-state index in [0.29, 0.717) is 41.5 Å². The summed E-state index contributed by atoms with van der Waals surface area (Å²) >= 11 is 0. The van der Waals surface area contributed by atoms with Crippen molar-refractivity contribution in [1.82, 2.24) is 29.0 Å². The number of benzene rings is 1. The Kier molecular flexibility index (Phi) is 5.52. The molecule has 1 saturated heterocycles. The Bertz CT molecular complexity index is 1540. The van der Waals surface area contributed by atoms with Gasteiger partial charge in [0.05, 0.1) is 24.5 Å². The van der Waals surface area contributed by atoms with E-state index in [0.717, 1.165) is 24.6 Å². The number of halogens is 2. The first-order chi connectivity index (χ1) is 17.6. The number of rotatable bonds is 5. The van der Waals surface area contributed by atoms with E-state index in [2.05, 4.69) is 15.1 Å². The fourth-order valence-electron chi connectivity index (χ4n) is 4.79. The molecule has 0 unspecified atom stereocenters. The minimum Gasteiger partial charge on any atom is -0.332 e. The van der Waals surface area contributed by atoms with E-state index < -0.39 is 11.6 Å². The fraction of sp³-hybridized carbons (Fsp3) is 0.185. The average Bonchev–Trinajstić information content (AvgIpc) is 3.63. The van der Waals surface area contributed by atoms with E-state index in [1.807, 2.05) is 47.5 Å². The summed E-state index contributed by atoms with van der Waals surface area (Å²) < 4.78 is 30.7. The maximum atomic E-state index is 14.2. The molecule has 7 nitrogen and oxygen atoms in total. The topological polar surface area (TPSA) is 68.3 Å². The fourth-order valence-corrected chi connectivity index (χ4v) is 4.79. The molecule has 180 valence electrons. The second-order valence-corrected chi connectivity index (χ2v) is 8.83. The second-order valence-electron chi connectivity index (χ2n) is 8.83. The molecule has 1 aliphatic rings. The van der Waals surface area contributed by atoms with Crippen LogP contribution in [-0.4, -0.2) is 47.5 Å². The lowest BCUT2D eigenvalue weighted by Crippen LogP contribution is -2.39. The molecule has 0 N–H and O–H groups in total. The maximum absolute atomic E-state index is 14.2. The standard InChI is InChI=1S/C27H22F2N6O/c28-19-8-10-22(30-15-19)23-12-14-33(32-23)17-21-7-4-13-34(21)27(36)26-25(18-5-2-1-3-6-18)31-24-11-9-20(29)16-35(24)26/h1-3,5-6,8-12,14-16,21H,4,7,13,17H2/t21-/m0/s1. The molecule has 1 aliphatic heterocycles. The van der Waals surface area contributed by atoms with Gasteiger partial charge in [-0.15, -0.1) is 0 Å². The van der Waals surface area contributed by atoms with Crippen LogP contribution in [0.1, 0.15) is 23.3 Å². The molecule has 9 heteroatoms. The van der Waals surface area contributed by atoms with Gasteiger partial charge < -0.3 is 4.90 Å². The molecule has 1 aromatic carbocycles. The zero-order chi connectivity index (χ0) is 24.6. The first-order valence-corrected chi connectivity index (χ1v) is 11.8. The van der Waals surface area contributed by atoms with Crippen molar-refractivity contribution >= 4 is 11.6 Å². The minimum absolute atomic E-state index is 0.0887. The Hall–Kier alpha value is -4.40. The lowest BCUT2D eigenvalue weighted by Gasteiger charge is -2.25. The molecule has 5 heterocycles. The van der Waals surface area contributed by atoms with Crippen molar-refractivity contribution in [3.05, 3.63) is 96.6 Å². The van der Waals surface area contributed by atoms with Crippen LogP contribution in [0.15, 0.2) is 79.3 Å². The van der Waals surface area contributed by atoms with Gasteiger partial charge in [0.25, 0.3) is 5.91 Å². The van der Waals surface area contributed by atoms with Gasteiger partial charge >= 0.3 is 0 Å². The predicted molar refractivity (Wildman–Crippen MR) is 130 cm³/mol. The summed E-state index contributed by atoms with van der Waals surface area (Å²) in [6.07, 6.45) is 5.98. The lowest BCUT2D eigenvalue weighted by atomic mass is 10.1. The normalized spacial score (nSPS) is 15.6. The summed E-state index contributed by atoms with van der Waals surface area (Å²) in [5, 5.41) is 4.58. The van der Waals surface area contributed by atoms with Crippen LogP contribution >= 0.6 is 0 Å². The Labute approximate surface area is 205 Å². The number of carbonyl (C=O) groups is 1. The number of aromatic nitrogens is 5. The quantitative estimate of drug-likeness (QED) is 0.358. The molecule has 1 amide bonds. The van der Waals surface area contributed by atoms with Gasteiger partial charge in [-0.1, -0.05) is 30.3 Å². The van der Waals surface area contributed by atoms with Crippen LogP contribution in [0.4, 0.5) is 8.78 Å². The minimum atomic E-state index is -0.440. The van der Waals surface area contributed by atoms with Crippen molar-refractivity contribution in [1.29, 1.82) is 0 Å². The lowest BCUT2D eigenvalue weighted by molar-refractivity contribution is 0.0715. The van der Waals surface area contributed by atoms with Gasteiger partial charge in [0, 0.05) is 24.5 Å². The molecule has 4 aromatic heterocycles. The van der Waals surface area contributed by atoms with Crippen molar-refractivity contribution in [2.45, 2.75) is 25.4 Å². The highest BCUT2D eigenvalue weighted by molar-refractivity contribution is 6.00. The summed E-state index contributed by atoms with van der Waals surface area (Å²) in [6.45, 7) is 1.09. The smallest absolute Gasteiger partial charge is 0.273 e. The van der Waals surface area contributed by atoms with Crippen molar-refractivity contribution in [3.63, 3.8) is 0 Å². The second kappa shape index (κ2) is 8.99. The predicted octanol–water partition coefficient (Wildman–Crippen LogP) is 4.84. The summed E-state index contributed by atoms with van der Waals surface area (Å²) in [5.41, 5.74) is 3.39. The van der Waals surface area contributed by atoms with Gasteiger partial charge in [-0.2, -0.15) is 5.10 Å². The van der Waals surface area contributed by atoms with Crippen LogP contribution in [0.3, 0.4) is 0 Å². The van der Waals surface area contributed by atoms with E-state index in [-0.39, 0.29) is 11.9 Å². The molecule has 0 aliphatic carbocycles. The Morgan fingerprint density at radius 1 is 0.972 bits per heavy atom. The molecule has 1 fully saturated rings. The maximum Gasteiger partial charge on any atom is 0.273 e. The first kappa shape index (κ1) is 22.1. The first-order valence-electron chi connectivity index (χ1n) is 11.8. The third-order valence-corrected chi connectivity index (χ3v) is 6.50. The third kappa shape index (κ3) is 4.02. The number of fused-ring (bicyclic) bond motifs is 1. The molecule has 0 bridgehead atoms. The highest BCUT2D eigenvalue weighted by Gasteiger charge is 2.33. The summed E-state index contributed by atoms with van der Waals surface area (Å²) in [6, 6.07) is 17.0. The molecule has 36 heavy (non-hydrogen) atoms. The summed E-state index contributed by atoms with van der Waals surface area (Å²) in [5.74, 6) is -1.03. The third-order valence-electron chi connectivity index (χ3n) is 6.50. The summed E-state index contributed by atoms with van der Waals surface area (Å²) in [7, 11) is 0. The molecule has 5 aromatic rings. The Morgan fingerprint density at radius 3 is 2.61 bits per heavy atom. The van der Waals surface area contributed by atoms with Gasteiger partial charge in [0.1, 0.15) is 34.4 Å². The van der Waals surface area contributed by atoms with E-state index in [1.54, 1.807) is 21.2 Å². The van der Waals surface area contributed by atoms with Crippen molar-refractivity contribution in [2.75, 3.05) is 6.54 Å². The Balaban J connectivity index is 1.32. The SMILES string of the molecule is O=C(c1c(-c2ccccc2)nc2ccc(F)cn12)N1CCC[C@H]1Cn1ccc(-c2ccc(F)cn2)n1. The van der Waals surface area contributed by atoms with Crippen LogP contribution in [0, 0.1) is 11.6 Å². The van der Waals surface area contributed by atoms with Gasteiger partial charge in [-0.25, -0.2) is 13.8 Å². The number of hydrogen-bond donors (Lipinski definition) is 0. The molecule has 0 spiro atoms. The van der Waals surface area contributed by atoms with E-state index in [1.165, 1.54) is 18.3 Å². The van der Waals surface area contributed by atoms with Crippen LogP contribution < -0.4 is 0 Å². The van der Waals surface area contributed by atoms with Gasteiger partial charge in [-0.3, -0.25) is 18.9 Å². The Morgan fingerprint density at radius 2 is 1.81 bits per heavy atom. The van der Waals surface area contributed by atoms with E-state index in [4.69, 9.17) is 0 Å². The molecule has 1 atom stereocenters. The van der Waals surface area contributed by atoms with Gasteiger partial charge in [-0.05, 0) is 43.2 Å². The van der Waals surface area contributed by atoms with Crippen LogP contribution in [0.25, 0.3) is 28.3 Å². The largest absolute Gasteiger partial charge is 0.332 e. The highest BCUT2D eigenvalue weighted by Crippen LogP contribution is 2.29.